The third-order valence-corrected chi connectivity index (χ3v) is 3.48. The highest BCUT2D eigenvalue weighted by Gasteiger charge is 2.26. The van der Waals surface area contributed by atoms with Crippen LogP contribution in [0.25, 0.3) is 0 Å². The third-order valence-electron chi connectivity index (χ3n) is 3.48. The molecule has 1 aromatic rings. The van der Waals surface area contributed by atoms with Gasteiger partial charge in [0, 0.05) is 25.2 Å². The molecular weight excluding hydrogens is 330 g/mol. The molecule has 0 aliphatic carbocycles. The van der Waals surface area contributed by atoms with Crippen LogP contribution < -0.4 is 15.0 Å². The Bertz CT molecular complexity index is 650. The highest BCUT2D eigenvalue weighted by molar-refractivity contribution is 5.89. The molecule has 138 valence electrons. The number of carbonyl (C=O) groups excluding carboxylic acids is 1. The van der Waals surface area contributed by atoms with Gasteiger partial charge in [0.15, 0.2) is 0 Å². The van der Waals surface area contributed by atoms with Gasteiger partial charge in [0.2, 0.25) is 0 Å². The maximum absolute atomic E-state index is 12.0. The molecule has 0 aromatic heterocycles. The second-order valence-corrected chi connectivity index (χ2v) is 6.52. The summed E-state index contributed by atoms with van der Waals surface area (Å²) < 4.78 is 15.8. The van der Waals surface area contributed by atoms with Crippen LogP contribution in [0.5, 0.6) is 5.75 Å². The summed E-state index contributed by atoms with van der Waals surface area (Å²) in [4.78, 5) is 24.9. The van der Waals surface area contributed by atoms with Gasteiger partial charge in [0.1, 0.15) is 17.0 Å². The van der Waals surface area contributed by atoms with Crippen LogP contribution in [0.15, 0.2) is 12.1 Å². The molecule has 25 heavy (non-hydrogen) atoms. The van der Waals surface area contributed by atoms with Gasteiger partial charge in [-0.2, -0.15) is 0 Å². The number of ether oxygens (including phenoxy) is 3. The molecule has 1 aromatic carbocycles. The van der Waals surface area contributed by atoms with Crippen LogP contribution in [-0.4, -0.2) is 50.0 Å². The average Bonchev–Trinajstić information content (AvgIpc) is 2.53. The Labute approximate surface area is 146 Å². The van der Waals surface area contributed by atoms with E-state index in [4.69, 9.17) is 14.2 Å². The van der Waals surface area contributed by atoms with E-state index in [-0.39, 0.29) is 11.4 Å². The highest BCUT2D eigenvalue weighted by atomic mass is 16.6. The number of benzene rings is 1. The fourth-order valence-corrected chi connectivity index (χ4v) is 2.44. The molecule has 0 radical (unpaired) electrons. The molecule has 1 heterocycles. The number of hydrogen-bond acceptors (Lipinski definition) is 7. The van der Waals surface area contributed by atoms with Crippen molar-refractivity contribution in [3.8, 4) is 5.75 Å². The van der Waals surface area contributed by atoms with E-state index in [1.165, 1.54) is 13.2 Å². The number of carbonyl (C=O) groups is 1. The number of morpholine rings is 1. The van der Waals surface area contributed by atoms with Crippen molar-refractivity contribution in [2.24, 2.45) is 0 Å². The predicted octanol–water partition coefficient (Wildman–Crippen LogP) is 2.79. The average molecular weight is 353 g/mol. The zero-order valence-electron chi connectivity index (χ0n) is 14.8. The van der Waals surface area contributed by atoms with Gasteiger partial charge in [0.25, 0.3) is 5.69 Å². The fourth-order valence-electron chi connectivity index (χ4n) is 2.44. The van der Waals surface area contributed by atoms with Crippen molar-refractivity contribution in [3.05, 3.63) is 22.2 Å². The Morgan fingerprint density at radius 2 is 1.96 bits per heavy atom. The van der Waals surface area contributed by atoms with Crippen molar-refractivity contribution < 1.29 is 23.9 Å². The smallest absolute Gasteiger partial charge is 0.412 e. The number of methoxy groups -OCH3 is 1. The lowest BCUT2D eigenvalue weighted by Gasteiger charge is -2.29. The summed E-state index contributed by atoms with van der Waals surface area (Å²) in [6.07, 6.45) is -0.709. The van der Waals surface area contributed by atoms with E-state index in [1.807, 2.05) is 4.90 Å². The summed E-state index contributed by atoms with van der Waals surface area (Å²) in [5.74, 6) is 0.318. The number of nitrogens with zero attached hydrogens (tertiary/aromatic N) is 2. The van der Waals surface area contributed by atoms with Gasteiger partial charge < -0.3 is 19.1 Å². The monoisotopic (exact) mass is 353 g/mol. The number of nitro benzene ring substituents is 1. The molecule has 1 amide bonds. The quantitative estimate of drug-likeness (QED) is 0.655. The van der Waals surface area contributed by atoms with Crippen LogP contribution in [0.3, 0.4) is 0 Å². The van der Waals surface area contributed by atoms with Crippen LogP contribution in [0, 0.1) is 10.1 Å². The first kappa shape index (κ1) is 18.8. The zero-order chi connectivity index (χ0) is 18.6. The van der Waals surface area contributed by atoms with E-state index in [1.54, 1.807) is 26.8 Å². The molecule has 1 fully saturated rings. The summed E-state index contributed by atoms with van der Waals surface area (Å²) >= 11 is 0. The molecule has 0 bridgehead atoms. The fraction of sp³-hybridized carbons (Fsp3) is 0.562. The maximum Gasteiger partial charge on any atom is 0.412 e. The molecule has 9 heteroatoms. The van der Waals surface area contributed by atoms with Gasteiger partial charge in [-0.15, -0.1) is 0 Å². The summed E-state index contributed by atoms with van der Waals surface area (Å²) in [5, 5.41) is 14.0. The van der Waals surface area contributed by atoms with Gasteiger partial charge in [-0.25, -0.2) is 4.79 Å². The highest BCUT2D eigenvalue weighted by Crippen LogP contribution is 2.38. The lowest BCUT2D eigenvalue weighted by molar-refractivity contribution is -0.384. The summed E-state index contributed by atoms with van der Waals surface area (Å²) in [7, 11) is 1.44. The van der Waals surface area contributed by atoms with E-state index in [2.05, 4.69) is 5.32 Å². The van der Waals surface area contributed by atoms with E-state index < -0.39 is 16.6 Å². The van der Waals surface area contributed by atoms with Crippen LogP contribution in [-0.2, 0) is 9.47 Å². The first-order chi connectivity index (χ1) is 11.7. The molecule has 9 nitrogen and oxygen atoms in total. The van der Waals surface area contributed by atoms with E-state index in [9.17, 15) is 14.9 Å². The van der Waals surface area contributed by atoms with Crippen molar-refractivity contribution in [1.29, 1.82) is 0 Å². The Hall–Kier alpha value is -2.55. The molecule has 0 unspecified atom stereocenters. The van der Waals surface area contributed by atoms with Gasteiger partial charge in [-0.3, -0.25) is 15.4 Å². The van der Waals surface area contributed by atoms with Gasteiger partial charge in [-0.1, -0.05) is 0 Å². The Morgan fingerprint density at radius 1 is 1.32 bits per heavy atom. The second-order valence-electron chi connectivity index (χ2n) is 6.52. The number of hydrogen-bond donors (Lipinski definition) is 1. The molecule has 0 spiro atoms. The van der Waals surface area contributed by atoms with Crippen LogP contribution in [0.4, 0.5) is 21.9 Å². The van der Waals surface area contributed by atoms with Gasteiger partial charge in [0.05, 0.1) is 30.9 Å². The van der Waals surface area contributed by atoms with Crippen molar-refractivity contribution in [1.82, 2.24) is 0 Å². The van der Waals surface area contributed by atoms with E-state index in [0.717, 1.165) is 0 Å². The minimum atomic E-state index is -0.709. The van der Waals surface area contributed by atoms with Crippen molar-refractivity contribution in [3.63, 3.8) is 0 Å². The van der Waals surface area contributed by atoms with E-state index >= 15 is 0 Å². The lowest BCUT2D eigenvalue weighted by atomic mass is 10.2. The molecule has 0 atom stereocenters. The SMILES string of the molecule is COc1cc(N2CCOCC2)c([N+](=O)[O-])cc1NC(=O)OC(C)(C)C. The third kappa shape index (κ3) is 4.96. The number of nitrogens with one attached hydrogen (secondary N) is 1. The predicted molar refractivity (Wildman–Crippen MR) is 92.5 cm³/mol. The molecular formula is C16H23N3O6. The summed E-state index contributed by atoms with van der Waals surface area (Å²) in [5.41, 5.74) is -0.189. The van der Waals surface area contributed by atoms with E-state index in [0.29, 0.717) is 37.7 Å². The van der Waals surface area contributed by atoms with Crippen molar-refractivity contribution in [2.45, 2.75) is 26.4 Å². The molecule has 0 saturated carbocycles. The maximum atomic E-state index is 12.0. The Morgan fingerprint density at radius 3 is 2.48 bits per heavy atom. The minimum Gasteiger partial charge on any atom is -0.494 e. The normalized spacial score (nSPS) is 14.8. The van der Waals surface area contributed by atoms with Crippen LogP contribution >= 0.6 is 0 Å². The second kappa shape index (κ2) is 7.56. The minimum absolute atomic E-state index is 0.117. The first-order valence-corrected chi connectivity index (χ1v) is 7.90. The Balaban J connectivity index is 2.35. The van der Waals surface area contributed by atoms with Gasteiger partial charge in [-0.05, 0) is 20.8 Å². The van der Waals surface area contributed by atoms with Gasteiger partial charge >= 0.3 is 6.09 Å². The molecule has 1 aliphatic rings. The topological polar surface area (TPSA) is 103 Å². The molecule has 1 saturated heterocycles. The van der Waals surface area contributed by atoms with Crippen LogP contribution in [0.2, 0.25) is 0 Å². The summed E-state index contributed by atoms with van der Waals surface area (Å²) in [6, 6.07) is 2.84. The lowest BCUT2D eigenvalue weighted by Crippen LogP contribution is -2.36. The van der Waals surface area contributed by atoms with Crippen molar-refractivity contribution in [2.75, 3.05) is 43.6 Å². The molecule has 2 rings (SSSR count). The largest absolute Gasteiger partial charge is 0.494 e. The zero-order valence-corrected chi connectivity index (χ0v) is 14.8. The number of rotatable bonds is 4. The molecule has 1 N–H and O–H groups in total. The van der Waals surface area contributed by atoms with Crippen molar-refractivity contribution >= 4 is 23.2 Å². The van der Waals surface area contributed by atoms with Crippen LogP contribution in [0.1, 0.15) is 20.8 Å². The Kier molecular flexibility index (Phi) is 5.68. The molecule has 1 aliphatic heterocycles. The summed E-state index contributed by atoms with van der Waals surface area (Å²) in [6.45, 7) is 7.27. The standard InChI is InChI=1S/C16H23N3O6/c1-16(2,3)25-15(20)17-11-9-13(19(21)22)12(10-14(11)23-4)18-5-7-24-8-6-18/h9-10H,5-8H2,1-4H3,(H,17,20). The first-order valence-electron chi connectivity index (χ1n) is 7.90. The number of amides is 1. The number of anilines is 2. The number of nitro groups is 1.